The Kier molecular flexibility index (Phi) is 4.06. The fourth-order valence-corrected chi connectivity index (χ4v) is 3.51. The van der Waals surface area contributed by atoms with Crippen LogP contribution in [0.5, 0.6) is 0 Å². The molecule has 3 heteroatoms. The van der Waals surface area contributed by atoms with Gasteiger partial charge in [0.25, 0.3) is 0 Å². The van der Waals surface area contributed by atoms with Gasteiger partial charge in [0.2, 0.25) is 5.92 Å². The van der Waals surface area contributed by atoms with Crippen LogP contribution in [0.4, 0.5) is 8.78 Å². The van der Waals surface area contributed by atoms with E-state index < -0.39 is 5.92 Å². The standard InChI is InChI=1S/C14H25F2N/c15-14(16)9-7-13(11-17,8-10-14)6-5-12-3-1-2-4-12/h12H,1-11,17H2. The van der Waals surface area contributed by atoms with Crippen molar-refractivity contribution in [2.45, 2.75) is 70.1 Å². The summed E-state index contributed by atoms with van der Waals surface area (Å²) in [6, 6.07) is 0. The first-order valence-electron chi connectivity index (χ1n) is 7.13. The summed E-state index contributed by atoms with van der Waals surface area (Å²) >= 11 is 0. The van der Waals surface area contributed by atoms with E-state index >= 15 is 0 Å². The summed E-state index contributed by atoms with van der Waals surface area (Å²) < 4.78 is 26.4. The molecule has 0 aromatic rings. The fraction of sp³-hybridized carbons (Fsp3) is 1.00. The minimum Gasteiger partial charge on any atom is -0.330 e. The van der Waals surface area contributed by atoms with Gasteiger partial charge in [0.1, 0.15) is 0 Å². The molecule has 0 saturated heterocycles. The Labute approximate surface area is 103 Å². The summed E-state index contributed by atoms with van der Waals surface area (Å²) in [5, 5.41) is 0. The van der Waals surface area contributed by atoms with Crippen LogP contribution in [-0.2, 0) is 0 Å². The molecule has 0 spiro atoms. The van der Waals surface area contributed by atoms with E-state index in [-0.39, 0.29) is 18.3 Å². The molecule has 0 heterocycles. The molecule has 0 radical (unpaired) electrons. The summed E-state index contributed by atoms with van der Waals surface area (Å²) in [6.45, 7) is 0.593. The van der Waals surface area contributed by atoms with Crippen molar-refractivity contribution in [3.8, 4) is 0 Å². The molecule has 2 rings (SSSR count). The quantitative estimate of drug-likeness (QED) is 0.792. The Morgan fingerprint density at radius 2 is 1.59 bits per heavy atom. The topological polar surface area (TPSA) is 26.0 Å². The van der Waals surface area contributed by atoms with E-state index in [1.54, 1.807) is 0 Å². The third-order valence-electron chi connectivity index (χ3n) is 5.03. The van der Waals surface area contributed by atoms with Gasteiger partial charge in [-0.1, -0.05) is 25.7 Å². The second kappa shape index (κ2) is 5.21. The summed E-state index contributed by atoms with van der Waals surface area (Å²) in [5.74, 6) is -1.58. The molecule has 2 N–H and O–H groups in total. The monoisotopic (exact) mass is 245 g/mol. The number of halogens is 2. The Morgan fingerprint density at radius 3 is 2.12 bits per heavy atom. The van der Waals surface area contributed by atoms with E-state index in [0.717, 1.165) is 12.3 Å². The lowest BCUT2D eigenvalue weighted by Crippen LogP contribution is -2.38. The van der Waals surface area contributed by atoms with Crippen LogP contribution in [0.2, 0.25) is 0 Å². The lowest BCUT2D eigenvalue weighted by Gasteiger charge is -2.40. The van der Waals surface area contributed by atoms with Crippen molar-refractivity contribution in [1.29, 1.82) is 0 Å². The van der Waals surface area contributed by atoms with Crippen molar-refractivity contribution in [1.82, 2.24) is 0 Å². The fourth-order valence-electron chi connectivity index (χ4n) is 3.51. The minimum atomic E-state index is -2.42. The van der Waals surface area contributed by atoms with Crippen molar-refractivity contribution in [3.05, 3.63) is 0 Å². The third kappa shape index (κ3) is 3.40. The maximum atomic E-state index is 13.2. The summed E-state index contributed by atoms with van der Waals surface area (Å²) in [4.78, 5) is 0. The van der Waals surface area contributed by atoms with E-state index in [9.17, 15) is 8.78 Å². The van der Waals surface area contributed by atoms with Gasteiger partial charge in [-0.05, 0) is 43.6 Å². The highest BCUT2D eigenvalue weighted by atomic mass is 19.3. The molecule has 100 valence electrons. The predicted molar refractivity (Wildman–Crippen MR) is 66.1 cm³/mol. The zero-order chi connectivity index (χ0) is 12.4. The molecule has 2 aliphatic carbocycles. The molecule has 0 bridgehead atoms. The first kappa shape index (κ1) is 13.3. The molecular weight excluding hydrogens is 220 g/mol. The number of hydrogen-bond donors (Lipinski definition) is 1. The highest BCUT2D eigenvalue weighted by molar-refractivity contribution is 4.90. The first-order valence-corrected chi connectivity index (χ1v) is 7.13. The van der Waals surface area contributed by atoms with E-state index in [1.807, 2.05) is 0 Å². The van der Waals surface area contributed by atoms with Crippen LogP contribution in [0, 0.1) is 11.3 Å². The number of nitrogens with two attached hydrogens (primary N) is 1. The van der Waals surface area contributed by atoms with Gasteiger partial charge in [0, 0.05) is 12.8 Å². The Morgan fingerprint density at radius 1 is 1.00 bits per heavy atom. The van der Waals surface area contributed by atoms with E-state index in [1.165, 1.54) is 32.1 Å². The molecule has 2 aliphatic rings. The van der Waals surface area contributed by atoms with Crippen LogP contribution in [0.3, 0.4) is 0 Å². The lowest BCUT2D eigenvalue weighted by atomic mass is 9.69. The molecule has 2 saturated carbocycles. The average molecular weight is 245 g/mol. The van der Waals surface area contributed by atoms with Crippen molar-refractivity contribution in [2.24, 2.45) is 17.1 Å². The van der Waals surface area contributed by atoms with Gasteiger partial charge < -0.3 is 5.73 Å². The molecule has 17 heavy (non-hydrogen) atoms. The lowest BCUT2D eigenvalue weighted by molar-refractivity contribution is -0.0678. The summed E-state index contributed by atoms with van der Waals surface area (Å²) in [6.07, 6.45) is 9.05. The van der Waals surface area contributed by atoms with E-state index in [2.05, 4.69) is 0 Å². The number of alkyl halides is 2. The normalized spacial score (nSPS) is 28.4. The van der Waals surface area contributed by atoms with Crippen LogP contribution in [-0.4, -0.2) is 12.5 Å². The Bertz CT molecular complexity index is 237. The molecule has 0 amide bonds. The smallest absolute Gasteiger partial charge is 0.248 e. The predicted octanol–water partition coefficient (Wildman–Crippen LogP) is 4.11. The average Bonchev–Trinajstić information content (AvgIpc) is 2.82. The van der Waals surface area contributed by atoms with Crippen molar-refractivity contribution in [3.63, 3.8) is 0 Å². The molecule has 0 atom stereocenters. The van der Waals surface area contributed by atoms with Crippen LogP contribution in [0.1, 0.15) is 64.2 Å². The second-order valence-electron chi connectivity index (χ2n) is 6.25. The maximum Gasteiger partial charge on any atom is 0.248 e. The highest BCUT2D eigenvalue weighted by Crippen LogP contribution is 2.46. The molecule has 0 aromatic heterocycles. The maximum absolute atomic E-state index is 13.2. The molecule has 0 aliphatic heterocycles. The van der Waals surface area contributed by atoms with Crippen LogP contribution >= 0.6 is 0 Å². The van der Waals surface area contributed by atoms with Crippen molar-refractivity contribution < 1.29 is 8.78 Å². The molecule has 0 unspecified atom stereocenters. The SMILES string of the molecule is NCC1(CCC2CCCC2)CCC(F)(F)CC1. The molecule has 0 aromatic carbocycles. The van der Waals surface area contributed by atoms with Crippen LogP contribution in [0.15, 0.2) is 0 Å². The molecular formula is C14H25F2N. The number of hydrogen-bond acceptors (Lipinski definition) is 1. The Hall–Kier alpha value is -0.180. The van der Waals surface area contributed by atoms with E-state index in [0.29, 0.717) is 19.4 Å². The van der Waals surface area contributed by atoms with Crippen molar-refractivity contribution in [2.75, 3.05) is 6.54 Å². The Balaban J connectivity index is 1.82. The van der Waals surface area contributed by atoms with Crippen LogP contribution in [0.25, 0.3) is 0 Å². The van der Waals surface area contributed by atoms with Gasteiger partial charge in [-0.2, -0.15) is 0 Å². The van der Waals surface area contributed by atoms with Gasteiger partial charge in [-0.15, -0.1) is 0 Å². The number of rotatable bonds is 4. The van der Waals surface area contributed by atoms with Crippen molar-refractivity contribution >= 4 is 0 Å². The van der Waals surface area contributed by atoms with Crippen LogP contribution < -0.4 is 5.73 Å². The molecule has 1 nitrogen and oxygen atoms in total. The highest BCUT2D eigenvalue weighted by Gasteiger charge is 2.42. The zero-order valence-corrected chi connectivity index (χ0v) is 10.7. The first-order chi connectivity index (χ1) is 8.05. The molecule has 2 fully saturated rings. The van der Waals surface area contributed by atoms with Gasteiger partial charge in [-0.25, -0.2) is 8.78 Å². The summed E-state index contributed by atoms with van der Waals surface area (Å²) in [7, 11) is 0. The van der Waals surface area contributed by atoms with Gasteiger partial charge in [0.05, 0.1) is 0 Å². The second-order valence-corrected chi connectivity index (χ2v) is 6.25. The largest absolute Gasteiger partial charge is 0.330 e. The third-order valence-corrected chi connectivity index (χ3v) is 5.03. The van der Waals surface area contributed by atoms with Gasteiger partial charge in [-0.3, -0.25) is 0 Å². The van der Waals surface area contributed by atoms with E-state index in [4.69, 9.17) is 5.73 Å². The minimum absolute atomic E-state index is 0.0320. The zero-order valence-electron chi connectivity index (χ0n) is 10.7. The van der Waals surface area contributed by atoms with Gasteiger partial charge >= 0.3 is 0 Å². The van der Waals surface area contributed by atoms with Gasteiger partial charge in [0.15, 0.2) is 0 Å². The summed E-state index contributed by atoms with van der Waals surface area (Å²) in [5.41, 5.74) is 5.90.